The average molecular weight is 213 g/mol. The summed E-state index contributed by atoms with van der Waals surface area (Å²) in [5, 5.41) is 9.22. The molecule has 0 aliphatic rings. The van der Waals surface area contributed by atoms with Crippen LogP contribution in [0, 0.1) is 0 Å². The second kappa shape index (κ2) is 4.79. The summed E-state index contributed by atoms with van der Waals surface area (Å²) in [6, 6.07) is 0. The number of ether oxygens (including phenoxy) is 1. The van der Waals surface area contributed by atoms with Crippen molar-refractivity contribution in [2.45, 2.75) is 13.0 Å². The van der Waals surface area contributed by atoms with Crippen molar-refractivity contribution in [2.75, 3.05) is 25.6 Å². The summed E-state index contributed by atoms with van der Waals surface area (Å²) in [5.74, 6) is 0.572. The number of aromatic nitrogens is 2. The fourth-order valence-electron chi connectivity index (χ4n) is 1.32. The number of nitrogens with zero attached hydrogens (tertiary/aromatic N) is 2. The SMILES string of the molecule is COc1c(N(C)CC(C)O)nc[nH]c1=O. The molecule has 0 fully saturated rings. The maximum atomic E-state index is 11.4. The van der Waals surface area contributed by atoms with Gasteiger partial charge in [0.25, 0.3) is 5.56 Å². The summed E-state index contributed by atoms with van der Waals surface area (Å²) in [6.45, 7) is 2.04. The van der Waals surface area contributed by atoms with E-state index in [4.69, 9.17) is 4.74 Å². The Morgan fingerprint density at radius 3 is 2.93 bits per heavy atom. The van der Waals surface area contributed by atoms with Crippen LogP contribution < -0.4 is 15.2 Å². The van der Waals surface area contributed by atoms with Gasteiger partial charge in [-0.2, -0.15) is 0 Å². The van der Waals surface area contributed by atoms with Gasteiger partial charge < -0.3 is 19.7 Å². The van der Waals surface area contributed by atoms with Crippen LogP contribution in [0.5, 0.6) is 5.75 Å². The number of aliphatic hydroxyl groups excluding tert-OH is 1. The molecule has 84 valence electrons. The number of aliphatic hydroxyl groups is 1. The van der Waals surface area contributed by atoms with Crippen molar-refractivity contribution in [1.29, 1.82) is 0 Å². The summed E-state index contributed by atoms with van der Waals surface area (Å²) < 4.78 is 4.95. The van der Waals surface area contributed by atoms with Crippen molar-refractivity contribution in [2.24, 2.45) is 0 Å². The molecule has 0 aliphatic heterocycles. The molecule has 0 radical (unpaired) electrons. The van der Waals surface area contributed by atoms with E-state index in [2.05, 4.69) is 9.97 Å². The molecule has 0 saturated carbocycles. The number of likely N-dealkylation sites (N-methyl/N-ethyl adjacent to an activating group) is 1. The fourth-order valence-corrected chi connectivity index (χ4v) is 1.32. The third-order valence-electron chi connectivity index (χ3n) is 1.90. The number of rotatable bonds is 4. The van der Waals surface area contributed by atoms with Gasteiger partial charge in [0.15, 0.2) is 5.82 Å². The highest BCUT2D eigenvalue weighted by Crippen LogP contribution is 2.18. The quantitative estimate of drug-likeness (QED) is 0.711. The average Bonchev–Trinajstić information content (AvgIpc) is 2.16. The topological polar surface area (TPSA) is 78.5 Å². The van der Waals surface area contributed by atoms with Gasteiger partial charge in [-0.1, -0.05) is 0 Å². The molecule has 6 nitrogen and oxygen atoms in total. The Labute approximate surface area is 87.5 Å². The van der Waals surface area contributed by atoms with Gasteiger partial charge in [0, 0.05) is 13.6 Å². The Bertz CT molecular complexity index is 375. The molecule has 0 aliphatic carbocycles. The molecule has 0 saturated heterocycles. The van der Waals surface area contributed by atoms with E-state index in [0.29, 0.717) is 12.4 Å². The number of aromatic amines is 1. The highest BCUT2D eigenvalue weighted by molar-refractivity contribution is 5.49. The van der Waals surface area contributed by atoms with Crippen LogP contribution in [-0.4, -0.2) is 41.9 Å². The molecule has 1 aromatic rings. The Morgan fingerprint density at radius 1 is 1.73 bits per heavy atom. The molecule has 0 aromatic carbocycles. The molecule has 2 N–H and O–H groups in total. The van der Waals surface area contributed by atoms with E-state index in [-0.39, 0.29) is 11.3 Å². The number of methoxy groups -OCH3 is 1. The zero-order chi connectivity index (χ0) is 11.4. The van der Waals surface area contributed by atoms with Crippen LogP contribution >= 0.6 is 0 Å². The predicted molar refractivity (Wildman–Crippen MR) is 56.4 cm³/mol. The molecule has 15 heavy (non-hydrogen) atoms. The van der Waals surface area contributed by atoms with Crippen molar-refractivity contribution in [3.63, 3.8) is 0 Å². The van der Waals surface area contributed by atoms with E-state index in [9.17, 15) is 9.90 Å². The van der Waals surface area contributed by atoms with E-state index in [1.54, 1.807) is 18.9 Å². The number of H-pyrrole nitrogens is 1. The third kappa shape index (κ3) is 2.69. The van der Waals surface area contributed by atoms with E-state index in [1.807, 2.05) is 0 Å². The van der Waals surface area contributed by atoms with Gasteiger partial charge in [-0.05, 0) is 6.92 Å². The van der Waals surface area contributed by atoms with Gasteiger partial charge in [-0.15, -0.1) is 0 Å². The Kier molecular flexibility index (Phi) is 3.68. The third-order valence-corrected chi connectivity index (χ3v) is 1.90. The largest absolute Gasteiger partial charge is 0.489 e. The van der Waals surface area contributed by atoms with Crippen LogP contribution in [0.15, 0.2) is 11.1 Å². The van der Waals surface area contributed by atoms with Crippen molar-refractivity contribution < 1.29 is 9.84 Å². The standard InChI is InChI=1S/C9H15N3O3/c1-6(13)4-12(2)8-7(15-3)9(14)11-5-10-8/h5-6,13H,4H2,1-3H3,(H,10,11,14). The Morgan fingerprint density at radius 2 is 2.40 bits per heavy atom. The van der Waals surface area contributed by atoms with E-state index in [0.717, 1.165) is 0 Å². The monoisotopic (exact) mass is 213 g/mol. The van der Waals surface area contributed by atoms with E-state index in [1.165, 1.54) is 13.4 Å². The first-order valence-electron chi connectivity index (χ1n) is 4.57. The zero-order valence-corrected chi connectivity index (χ0v) is 9.02. The van der Waals surface area contributed by atoms with Gasteiger partial charge in [-0.25, -0.2) is 4.98 Å². The lowest BCUT2D eigenvalue weighted by Gasteiger charge is -2.20. The summed E-state index contributed by atoms with van der Waals surface area (Å²) in [5.41, 5.74) is -0.333. The molecular weight excluding hydrogens is 198 g/mol. The zero-order valence-electron chi connectivity index (χ0n) is 9.02. The van der Waals surface area contributed by atoms with Crippen molar-refractivity contribution in [1.82, 2.24) is 9.97 Å². The lowest BCUT2D eigenvalue weighted by molar-refractivity contribution is 0.201. The minimum Gasteiger partial charge on any atom is -0.489 e. The van der Waals surface area contributed by atoms with Crippen LogP contribution in [-0.2, 0) is 0 Å². The van der Waals surface area contributed by atoms with E-state index >= 15 is 0 Å². The molecule has 1 unspecified atom stereocenters. The summed E-state index contributed by atoms with van der Waals surface area (Å²) in [6.07, 6.45) is 0.805. The lowest BCUT2D eigenvalue weighted by atomic mass is 10.3. The van der Waals surface area contributed by atoms with E-state index < -0.39 is 6.10 Å². The van der Waals surface area contributed by atoms with Gasteiger partial charge in [0.05, 0.1) is 19.5 Å². The molecule has 1 rings (SSSR count). The molecule has 1 heterocycles. The summed E-state index contributed by atoms with van der Waals surface area (Å²) >= 11 is 0. The van der Waals surface area contributed by atoms with Crippen molar-refractivity contribution >= 4 is 5.82 Å². The molecule has 0 amide bonds. The van der Waals surface area contributed by atoms with Crippen LogP contribution in [0.25, 0.3) is 0 Å². The minimum atomic E-state index is -0.499. The second-order valence-electron chi connectivity index (χ2n) is 3.32. The molecule has 0 bridgehead atoms. The molecule has 1 atom stereocenters. The normalized spacial score (nSPS) is 12.3. The summed E-state index contributed by atoms with van der Waals surface area (Å²) in [7, 11) is 3.14. The van der Waals surface area contributed by atoms with Crippen molar-refractivity contribution in [3.8, 4) is 5.75 Å². The first-order valence-corrected chi connectivity index (χ1v) is 4.57. The number of hydrogen-bond acceptors (Lipinski definition) is 5. The number of anilines is 1. The minimum absolute atomic E-state index is 0.153. The van der Waals surface area contributed by atoms with Crippen LogP contribution in [0.4, 0.5) is 5.82 Å². The first-order chi connectivity index (χ1) is 7.06. The molecule has 6 heteroatoms. The number of hydrogen-bond donors (Lipinski definition) is 2. The first kappa shape index (κ1) is 11.5. The van der Waals surface area contributed by atoms with Gasteiger partial charge in [-0.3, -0.25) is 4.79 Å². The second-order valence-corrected chi connectivity index (χ2v) is 3.32. The van der Waals surface area contributed by atoms with Crippen molar-refractivity contribution in [3.05, 3.63) is 16.7 Å². The molecule has 1 aromatic heterocycles. The lowest BCUT2D eigenvalue weighted by Crippen LogP contribution is -2.29. The van der Waals surface area contributed by atoms with Crippen LogP contribution in [0.3, 0.4) is 0 Å². The van der Waals surface area contributed by atoms with Gasteiger partial charge in [0.2, 0.25) is 5.75 Å². The Balaban J connectivity index is 3.02. The molecule has 0 spiro atoms. The predicted octanol–water partition coefficient (Wildman–Crippen LogP) is -0.405. The van der Waals surface area contributed by atoms with Crippen LogP contribution in [0.1, 0.15) is 6.92 Å². The van der Waals surface area contributed by atoms with Gasteiger partial charge in [0.1, 0.15) is 0 Å². The maximum Gasteiger partial charge on any atom is 0.295 e. The van der Waals surface area contributed by atoms with Gasteiger partial charge >= 0.3 is 0 Å². The fraction of sp³-hybridized carbons (Fsp3) is 0.556. The highest BCUT2D eigenvalue weighted by Gasteiger charge is 2.14. The summed E-state index contributed by atoms with van der Waals surface area (Å²) in [4.78, 5) is 19.4. The number of nitrogens with one attached hydrogen (secondary N) is 1. The smallest absolute Gasteiger partial charge is 0.295 e. The highest BCUT2D eigenvalue weighted by atomic mass is 16.5. The van der Waals surface area contributed by atoms with Crippen LogP contribution in [0.2, 0.25) is 0 Å². The maximum absolute atomic E-state index is 11.4. The molecular formula is C9H15N3O3. The Hall–Kier alpha value is -1.56.